The molecule has 1 fully saturated rings. The summed E-state index contributed by atoms with van der Waals surface area (Å²) in [6.45, 7) is 6.58. The lowest BCUT2D eigenvalue weighted by molar-refractivity contribution is 0.163. The molecule has 0 unspecified atom stereocenters. The maximum absolute atomic E-state index is 9.65. The van der Waals surface area contributed by atoms with Gasteiger partial charge in [-0.2, -0.15) is 0 Å². The third kappa shape index (κ3) is 5.49. The first kappa shape index (κ1) is 19.5. The molecule has 0 bridgehead atoms. The number of rotatable bonds is 5. The second-order valence-corrected chi connectivity index (χ2v) is 5.04. The van der Waals surface area contributed by atoms with Crippen LogP contribution in [0.15, 0.2) is 24.3 Å². The van der Waals surface area contributed by atoms with Crippen LogP contribution in [0.2, 0.25) is 0 Å². The Kier molecular flexibility index (Phi) is 10.0. The number of nitrogens with zero attached hydrogens (tertiary/aromatic N) is 1. The molecule has 0 radical (unpaired) electrons. The van der Waals surface area contributed by atoms with Gasteiger partial charge in [0.25, 0.3) is 0 Å². The van der Waals surface area contributed by atoms with E-state index >= 15 is 0 Å². The lowest BCUT2D eigenvalue weighted by Crippen LogP contribution is -2.45. The first-order valence-electron chi connectivity index (χ1n) is 7.05. The van der Waals surface area contributed by atoms with Crippen LogP contribution in [0.3, 0.4) is 0 Å². The van der Waals surface area contributed by atoms with E-state index in [1.54, 1.807) is 6.07 Å². The van der Waals surface area contributed by atoms with E-state index in [9.17, 15) is 5.11 Å². The molecule has 3 nitrogen and oxygen atoms in total. The van der Waals surface area contributed by atoms with Crippen LogP contribution in [0.4, 0.5) is 0 Å². The van der Waals surface area contributed by atoms with E-state index in [4.69, 9.17) is 0 Å². The van der Waals surface area contributed by atoms with Crippen molar-refractivity contribution in [2.24, 2.45) is 0 Å². The van der Waals surface area contributed by atoms with Crippen LogP contribution in [0.1, 0.15) is 37.8 Å². The molecule has 0 aromatic heterocycles. The number of unbranched alkanes of at least 4 members (excludes halogenated alkanes) is 1. The number of benzene rings is 1. The van der Waals surface area contributed by atoms with Gasteiger partial charge in [-0.25, -0.2) is 0 Å². The van der Waals surface area contributed by atoms with Crippen LogP contribution in [-0.4, -0.2) is 36.2 Å². The van der Waals surface area contributed by atoms with Gasteiger partial charge in [-0.05, 0) is 24.1 Å². The Balaban J connectivity index is 0.00000180. The molecule has 1 aliphatic rings. The van der Waals surface area contributed by atoms with Gasteiger partial charge >= 0.3 is 0 Å². The first-order valence-corrected chi connectivity index (χ1v) is 7.05. The number of phenolic OH excluding ortho intramolecular Hbond substituents is 1. The van der Waals surface area contributed by atoms with Gasteiger partial charge in [0.05, 0.1) is 0 Å². The van der Waals surface area contributed by atoms with Gasteiger partial charge in [0.2, 0.25) is 0 Å². The van der Waals surface area contributed by atoms with Crippen LogP contribution in [0.5, 0.6) is 5.75 Å². The topological polar surface area (TPSA) is 35.5 Å². The van der Waals surface area contributed by atoms with Crippen molar-refractivity contribution in [3.05, 3.63) is 29.8 Å². The predicted octanol–water partition coefficient (Wildman–Crippen LogP) is 3.37. The Morgan fingerprint density at radius 1 is 1.25 bits per heavy atom. The Hall–Kier alpha value is -0.480. The summed E-state index contributed by atoms with van der Waals surface area (Å²) >= 11 is 0. The predicted molar refractivity (Wildman–Crippen MR) is 89.3 cm³/mol. The summed E-state index contributed by atoms with van der Waals surface area (Å²) < 4.78 is 0. The van der Waals surface area contributed by atoms with Gasteiger partial charge < -0.3 is 10.4 Å². The Bertz CT molecular complexity index is 371. The van der Waals surface area contributed by atoms with E-state index in [0.29, 0.717) is 11.8 Å². The lowest BCUT2D eigenvalue weighted by atomic mass is 9.98. The van der Waals surface area contributed by atoms with Gasteiger partial charge in [-0.3, -0.25) is 4.90 Å². The van der Waals surface area contributed by atoms with Gasteiger partial charge in [-0.1, -0.05) is 31.9 Å². The van der Waals surface area contributed by atoms with Gasteiger partial charge in [-0.15, -0.1) is 24.8 Å². The molecule has 20 heavy (non-hydrogen) atoms. The fourth-order valence-electron chi connectivity index (χ4n) is 2.68. The van der Waals surface area contributed by atoms with Crippen molar-refractivity contribution in [2.45, 2.75) is 32.2 Å². The minimum absolute atomic E-state index is 0. The first-order chi connectivity index (χ1) is 8.81. The minimum atomic E-state index is 0. The number of hydrogen-bond acceptors (Lipinski definition) is 3. The monoisotopic (exact) mass is 320 g/mol. The molecule has 116 valence electrons. The molecule has 1 atom stereocenters. The minimum Gasteiger partial charge on any atom is -0.508 e. The van der Waals surface area contributed by atoms with E-state index in [1.165, 1.54) is 24.8 Å². The fraction of sp³-hybridized carbons (Fsp3) is 0.600. The number of phenols is 1. The SMILES string of the molecule is CCCC[C@@H](c1cccc(O)c1)N1CCNCC1.Cl.Cl. The van der Waals surface area contributed by atoms with E-state index in [1.807, 2.05) is 12.1 Å². The zero-order chi connectivity index (χ0) is 12.8. The number of piperazine rings is 1. The third-order valence-electron chi connectivity index (χ3n) is 3.68. The van der Waals surface area contributed by atoms with Crippen molar-refractivity contribution in [3.63, 3.8) is 0 Å². The van der Waals surface area contributed by atoms with E-state index < -0.39 is 0 Å². The lowest BCUT2D eigenvalue weighted by Gasteiger charge is -2.35. The Morgan fingerprint density at radius 3 is 2.55 bits per heavy atom. The summed E-state index contributed by atoms with van der Waals surface area (Å²) in [6, 6.07) is 8.22. The molecule has 2 N–H and O–H groups in total. The highest BCUT2D eigenvalue weighted by Gasteiger charge is 2.21. The number of aromatic hydroxyl groups is 1. The van der Waals surface area contributed by atoms with Gasteiger partial charge in [0, 0.05) is 32.2 Å². The van der Waals surface area contributed by atoms with Crippen molar-refractivity contribution in [2.75, 3.05) is 26.2 Å². The summed E-state index contributed by atoms with van der Waals surface area (Å²) in [5.74, 6) is 0.379. The average Bonchev–Trinajstić information content (AvgIpc) is 2.40. The largest absolute Gasteiger partial charge is 0.508 e. The van der Waals surface area contributed by atoms with Crippen LogP contribution >= 0.6 is 24.8 Å². The Morgan fingerprint density at radius 2 is 1.95 bits per heavy atom. The van der Waals surface area contributed by atoms with Crippen LogP contribution in [0.25, 0.3) is 0 Å². The molecule has 5 heteroatoms. The summed E-state index contributed by atoms with van der Waals surface area (Å²) in [6.07, 6.45) is 3.64. The molecular formula is C15H26Cl2N2O. The van der Waals surface area contributed by atoms with Gasteiger partial charge in [0.1, 0.15) is 5.75 Å². The molecule has 0 spiro atoms. The highest BCUT2D eigenvalue weighted by molar-refractivity contribution is 5.85. The van der Waals surface area contributed by atoms with Crippen molar-refractivity contribution in [1.29, 1.82) is 0 Å². The molecular weight excluding hydrogens is 295 g/mol. The third-order valence-corrected chi connectivity index (χ3v) is 3.68. The molecule has 1 heterocycles. The van der Waals surface area contributed by atoms with E-state index in [0.717, 1.165) is 26.2 Å². The molecule has 2 rings (SSSR count). The maximum Gasteiger partial charge on any atom is 0.115 e. The highest BCUT2D eigenvalue weighted by Crippen LogP contribution is 2.28. The molecule has 0 aliphatic carbocycles. The second kappa shape index (κ2) is 10.3. The molecule has 1 aromatic carbocycles. The normalized spacial score (nSPS) is 16.9. The van der Waals surface area contributed by atoms with Crippen LogP contribution in [-0.2, 0) is 0 Å². The van der Waals surface area contributed by atoms with Crippen molar-refractivity contribution >= 4 is 24.8 Å². The highest BCUT2D eigenvalue weighted by atomic mass is 35.5. The zero-order valence-corrected chi connectivity index (χ0v) is 13.7. The number of hydrogen-bond donors (Lipinski definition) is 2. The molecule has 0 amide bonds. The molecule has 1 aromatic rings. The number of halogens is 2. The summed E-state index contributed by atoms with van der Waals surface area (Å²) in [7, 11) is 0. The van der Waals surface area contributed by atoms with Crippen molar-refractivity contribution in [1.82, 2.24) is 10.2 Å². The van der Waals surface area contributed by atoms with Crippen molar-refractivity contribution in [3.8, 4) is 5.75 Å². The summed E-state index contributed by atoms with van der Waals surface area (Å²) in [5, 5.41) is 13.1. The van der Waals surface area contributed by atoms with E-state index in [2.05, 4.69) is 23.2 Å². The standard InChI is InChI=1S/C15H24N2O.2ClH/c1-2-3-7-15(17-10-8-16-9-11-17)13-5-4-6-14(18)12-13;;/h4-6,12,15-16,18H,2-3,7-11H2,1H3;2*1H/t15-;;/m0../s1. The van der Waals surface area contributed by atoms with Crippen LogP contribution in [0, 0.1) is 0 Å². The quantitative estimate of drug-likeness (QED) is 0.873. The van der Waals surface area contributed by atoms with E-state index in [-0.39, 0.29) is 24.8 Å². The number of nitrogens with one attached hydrogen (secondary N) is 1. The maximum atomic E-state index is 9.65. The molecule has 0 saturated carbocycles. The average molecular weight is 321 g/mol. The zero-order valence-electron chi connectivity index (χ0n) is 12.0. The molecule has 1 aliphatic heterocycles. The molecule has 1 saturated heterocycles. The summed E-state index contributed by atoms with van der Waals surface area (Å²) in [5.41, 5.74) is 1.25. The van der Waals surface area contributed by atoms with Crippen LogP contribution < -0.4 is 5.32 Å². The van der Waals surface area contributed by atoms with Crippen molar-refractivity contribution < 1.29 is 5.11 Å². The second-order valence-electron chi connectivity index (χ2n) is 5.04. The summed E-state index contributed by atoms with van der Waals surface area (Å²) in [4.78, 5) is 2.54. The Labute approximate surface area is 134 Å². The van der Waals surface area contributed by atoms with Gasteiger partial charge in [0.15, 0.2) is 0 Å². The smallest absolute Gasteiger partial charge is 0.115 e. The fourth-order valence-corrected chi connectivity index (χ4v) is 2.68.